The quantitative estimate of drug-likeness (QED) is 0.583. The molecule has 4 heteroatoms. The third-order valence-electron chi connectivity index (χ3n) is 3.12. The van der Waals surface area contributed by atoms with Crippen molar-refractivity contribution in [3.8, 4) is 5.75 Å². The molecule has 2 rings (SSSR count). The summed E-state index contributed by atoms with van der Waals surface area (Å²) in [6.45, 7) is 4.19. The van der Waals surface area contributed by atoms with Crippen LogP contribution in [0.1, 0.15) is 18.4 Å². The molecule has 19 heavy (non-hydrogen) atoms. The Kier molecular flexibility index (Phi) is 4.58. The second-order valence-corrected chi connectivity index (χ2v) is 4.43. The topological polar surface area (TPSA) is 44.8 Å². The number of methoxy groups -OCH3 is 1. The third-order valence-corrected chi connectivity index (χ3v) is 3.12. The van der Waals surface area contributed by atoms with Crippen molar-refractivity contribution < 1.29 is 19.0 Å². The molecule has 4 nitrogen and oxygen atoms in total. The predicted molar refractivity (Wildman–Crippen MR) is 70.9 cm³/mol. The van der Waals surface area contributed by atoms with E-state index in [1.807, 2.05) is 24.3 Å². The van der Waals surface area contributed by atoms with Crippen molar-refractivity contribution in [1.29, 1.82) is 0 Å². The van der Waals surface area contributed by atoms with Crippen LogP contribution in [-0.2, 0) is 20.9 Å². The molecule has 0 amide bonds. The van der Waals surface area contributed by atoms with Crippen LogP contribution in [0.2, 0.25) is 0 Å². The van der Waals surface area contributed by atoms with E-state index in [4.69, 9.17) is 14.2 Å². The SMILES string of the molecule is C=C[C@H](OCc1ccc(OC)cc1)[C@@H]1CCC(=O)O1. The van der Waals surface area contributed by atoms with Gasteiger partial charge in [0.05, 0.1) is 13.7 Å². The zero-order valence-corrected chi connectivity index (χ0v) is 11.0. The summed E-state index contributed by atoms with van der Waals surface area (Å²) < 4.78 is 16.0. The molecule has 1 fully saturated rings. The smallest absolute Gasteiger partial charge is 0.306 e. The van der Waals surface area contributed by atoms with Crippen LogP contribution in [-0.4, -0.2) is 25.3 Å². The van der Waals surface area contributed by atoms with E-state index in [0.29, 0.717) is 19.4 Å². The molecule has 1 aliphatic heterocycles. The fourth-order valence-corrected chi connectivity index (χ4v) is 2.02. The normalized spacial score (nSPS) is 19.8. The van der Waals surface area contributed by atoms with Crippen LogP contribution >= 0.6 is 0 Å². The minimum Gasteiger partial charge on any atom is -0.497 e. The molecule has 0 spiro atoms. The standard InChI is InChI=1S/C15H18O4/c1-3-13(14-8-9-15(16)19-14)18-10-11-4-6-12(17-2)7-5-11/h3-7,13-14H,1,8-10H2,2H3/t13-,14-/m0/s1. The molecule has 1 aromatic rings. The molecule has 0 aromatic heterocycles. The van der Waals surface area contributed by atoms with Gasteiger partial charge < -0.3 is 14.2 Å². The molecular formula is C15H18O4. The van der Waals surface area contributed by atoms with Gasteiger partial charge in [0.2, 0.25) is 0 Å². The lowest BCUT2D eigenvalue weighted by Gasteiger charge is -2.19. The Morgan fingerprint density at radius 3 is 2.74 bits per heavy atom. The molecule has 0 N–H and O–H groups in total. The monoisotopic (exact) mass is 262 g/mol. The van der Waals surface area contributed by atoms with E-state index < -0.39 is 0 Å². The Morgan fingerprint density at radius 1 is 1.47 bits per heavy atom. The number of benzene rings is 1. The maximum absolute atomic E-state index is 11.1. The van der Waals surface area contributed by atoms with Crippen molar-refractivity contribution in [2.75, 3.05) is 7.11 Å². The van der Waals surface area contributed by atoms with Crippen LogP contribution in [0.25, 0.3) is 0 Å². The summed E-state index contributed by atoms with van der Waals surface area (Å²) in [6.07, 6.45) is 2.38. The number of esters is 1. The highest BCUT2D eigenvalue weighted by Crippen LogP contribution is 2.21. The second-order valence-electron chi connectivity index (χ2n) is 4.43. The number of hydrogen-bond acceptors (Lipinski definition) is 4. The maximum Gasteiger partial charge on any atom is 0.306 e. The average molecular weight is 262 g/mol. The van der Waals surface area contributed by atoms with E-state index >= 15 is 0 Å². The van der Waals surface area contributed by atoms with Crippen LogP contribution in [0.4, 0.5) is 0 Å². The average Bonchev–Trinajstić information content (AvgIpc) is 2.87. The Bertz CT molecular complexity index is 438. The third kappa shape index (κ3) is 3.58. The summed E-state index contributed by atoms with van der Waals surface area (Å²) in [4.78, 5) is 11.1. The number of carbonyl (C=O) groups is 1. The summed E-state index contributed by atoms with van der Waals surface area (Å²) in [7, 11) is 1.63. The van der Waals surface area contributed by atoms with Crippen molar-refractivity contribution in [2.24, 2.45) is 0 Å². The second kappa shape index (κ2) is 6.38. The van der Waals surface area contributed by atoms with Crippen molar-refractivity contribution >= 4 is 5.97 Å². The summed E-state index contributed by atoms with van der Waals surface area (Å²) in [5.74, 6) is 0.652. The summed E-state index contributed by atoms with van der Waals surface area (Å²) >= 11 is 0. The van der Waals surface area contributed by atoms with Gasteiger partial charge in [-0.25, -0.2) is 0 Å². The molecule has 1 heterocycles. The summed E-state index contributed by atoms with van der Waals surface area (Å²) in [5, 5.41) is 0. The first-order valence-corrected chi connectivity index (χ1v) is 6.29. The Morgan fingerprint density at radius 2 is 2.21 bits per heavy atom. The van der Waals surface area contributed by atoms with Crippen molar-refractivity contribution in [3.63, 3.8) is 0 Å². The van der Waals surface area contributed by atoms with Gasteiger partial charge in [-0.3, -0.25) is 4.79 Å². The molecule has 1 saturated heterocycles. The summed E-state index contributed by atoms with van der Waals surface area (Å²) in [6, 6.07) is 7.66. The molecule has 102 valence electrons. The fourth-order valence-electron chi connectivity index (χ4n) is 2.02. The first kappa shape index (κ1) is 13.6. The van der Waals surface area contributed by atoms with E-state index in [1.54, 1.807) is 13.2 Å². The number of cyclic esters (lactones) is 1. The Labute approximate surface area is 113 Å². The minimum absolute atomic E-state index is 0.162. The van der Waals surface area contributed by atoms with E-state index in [-0.39, 0.29) is 18.2 Å². The number of carbonyl (C=O) groups excluding carboxylic acids is 1. The van der Waals surface area contributed by atoms with Crippen LogP contribution in [0.3, 0.4) is 0 Å². The van der Waals surface area contributed by atoms with Gasteiger partial charge in [-0.1, -0.05) is 18.2 Å². The summed E-state index contributed by atoms with van der Waals surface area (Å²) in [5.41, 5.74) is 1.04. The molecule has 1 aromatic carbocycles. The van der Waals surface area contributed by atoms with Crippen LogP contribution in [0.15, 0.2) is 36.9 Å². The first-order valence-electron chi connectivity index (χ1n) is 6.29. The number of hydrogen-bond donors (Lipinski definition) is 0. The van der Waals surface area contributed by atoms with Crippen LogP contribution < -0.4 is 4.74 Å². The van der Waals surface area contributed by atoms with Crippen molar-refractivity contribution in [3.05, 3.63) is 42.5 Å². The van der Waals surface area contributed by atoms with E-state index in [2.05, 4.69) is 6.58 Å². The van der Waals surface area contributed by atoms with E-state index in [1.165, 1.54) is 0 Å². The lowest BCUT2D eigenvalue weighted by Crippen LogP contribution is -2.26. The van der Waals surface area contributed by atoms with Crippen molar-refractivity contribution in [1.82, 2.24) is 0 Å². The fraction of sp³-hybridized carbons (Fsp3) is 0.400. The predicted octanol–water partition coefficient (Wildman–Crippen LogP) is 2.47. The Hall–Kier alpha value is -1.81. The number of ether oxygens (including phenoxy) is 3. The molecular weight excluding hydrogens is 244 g/mol. The molecule has 0 saturated carbocycles. The van der Waals surface area contributed by atoms with Gasteiger partial charge in [0, 0.05) is 6.42 Å². The Balaban J connectivity index is 1.88. The van der Waals surface area contributed by atoms with Gasteiger partial charge in [-0.15, -0.1) is 6.58 Å². The van der Waals surface area contributed by atoms with Gasteiger partial charge >= 0.3 is 5.97 Å². The molecule has 0 bridgehead atoms. The van der Waals surface area contributed by atoms with E-state index in [0.717, 1.165) is 11.3 Å². The van der Waals surface area contributed by atoms with Gasteiger partial charge in [-0.2, -0.15) is 0 Å². The van der Waals surface area contributed by atoms with Gasteiger partial charge in [0.15, 0.2) is 0 Å². The lowest BCUT2D eigenvalue weighted by molar-refractivity contribution is -0.145. The first-order chi connectivity index (χ1) is 9.22. The number of rotatable bonds is 6. The van der Waals surface area contributed by atoms with Gasteiger partial charge in [-0.05, 0) is 24.1 Å². The van der Waals surface area contributed by atoms with Crippen LogP contribution in [0, 0.1) is 0 Å². The largest absolute Gasteiger partial charge is 0.497 e. The highest BCUT2D eigenvalue weighted by Gasteiger charge is 2.29. The molecule has 2 atom stereocenters. The van der Waals surface area contributed by atoms with Gasteiger partial charge in [0.25, 0.3) is 0 Å². The zero-order chi connectivity index (χ0) is 13.7. The zero-order valence-electron chi connectivity index (χ0n) is 11.0. The van der Waals surface area contributed by atoms with Gasteiger partial charge in [0.1, 0.15) is 18.0 Å². The molecule has 0 unspecified atom stereocenters. The van der Waals surface area contributed by atoms with E-state index in [9.17, 15) is 4.79 Å². The maximum atomic E-state index is 11.1. The van der Waals surface area contributed by atoms with Crippen LogP contribution in [0.5, 0.6) is 5.75 Å². The highest BCUT2D eigenvalue weighted by molar-refractivity contribution is 5.71. The molecule has 0 radical (unpaired) electrons. The molecule has 0 aliphatic carbocycles. The highest BCUT2D eigenvalue weighted by atomic mass is 16.6. The van der Waals surface area contributed by atoms with Crippen molar-refractivity contribution in [2.45, 2.75) is 31.7 Å². The molecule has 1 aliphatic rings. The minimum atomic E-state index is -0.256. The lowest BCUT2D eigenvalue weighted by atomic mass is 10.1.